The molecule has 0 spiro atoms. The van der Waals surface area contributed by atoms with Crippen molar-refractivity contribution in [2.75, 3.05) is 0 Å². The van der Waals surface area contributed by atoms with Crippen LogP contribution in [0.5, 0.6) is 0 Å². The largest absolute Gasteiger partial charge is 0.467 e. The maximum atomic E-state index is 11.8. The third kappa shape index (κ3) is 2.71. The molecular formula is C15H14N2O3. The Balaban J connectivity index is 1.64. The third-order valence-corrected chi connectivity index (χ3v) is 2.96. The minimum Gasteiger partial charge on any atom is -0.467 e. The van der Waals surface area contributed by atoms with E-state index in [1.54, 1.807) is 19.3 Å². The molecule has 0 radical (unpaired) electrons. The van der Waals surface area contributed by atoms with Crippen LogP contribution in [0.25, 0.3) is 11.1 Å². The Hall–Kier alpha value is -2.56. The summed E-state index contributed by atoms with van der Waals surface area (Å²) in [7, 11) is 0. The number of hydrogen-bond acceptors (Lipinski definition) is 4. The molecule has 5 heteroatoms. The van der Waals surface area contributed by atoms with Gasteiger partial charge in [-0.3, -0.25) is 4.79 Å². The lowest BCUT2D eigenvalue weighted by molar-refractivity contribution is -0.120. The molecule has 1 N–H and O–H groups in total. The number of carbonyl (C=O) groups excluding carboxylic acids is 1. The standard InChI is InChI=1S/C15H14N2O3/c1-10-17-13-5-4-11(7-14(13)20-10)8-15(18)16-9-12-3-2-6-19-12/h2-7H,8-9H2,1H3,(H,16,18). The maximum absolute atomic E-state index is 11.8. The van der Waals surface area contributed by atoms with Crippen molar-refractivity contribution in [1.29, 1.82) is 0 Å². The summed E-state index contributed by atoms with van der Waals surface area (Å²) in [6.45, 7) is 2.20. The zero-order chi connectivity index (χ0) is 13.9. The van der Waals surface area contributed by atoms with Crippen molar-refractivity contribution in [2.24, 2.45) is 0 Å². The van der Waals surface area contributed by atoms with Gasteiger partial charge in [0.05, 0.1) is 19.2 Å². The van der Waals surface area contributed by atoms with Crippen LogP contribution in [-0.4, -0.2) is 10.9 Å². The van der Waals surface area contributed by atoms with Gasteiger partial charge in [-0.05, 0) is 29.8 Å². The average molecular weight is 270 g/mol. The van der Waals surface area contributed by atoms with Crippen LogP contribution >= 0.6 is 0 Å². The summed E-state index contributed by atoms with van der Waals surface area (Å²) in [5, 5.41) is 2.81. The van der Waals surface area contributed by atoms with E-state index in [4.69, 9.17) is 8.83 Å². The molecule has 0 saturated carbocycles. The van der Waals surface area contributed by atoms with Crippen molar-refractivity contribution in [3.05, 3.63) is 53.8 Å². The van der Waals surface area contributed by atoms with E-state index in [0.29, 0.717) is 24.4 Å². The summed E-state index contributed by atoms with van der Waals surface area (Å²) < 4.78 is 10.6. The SMILES string of the molecule is Cc1nc2ccc(CC(=O)NCc3ccco3)cc2o1. The van der Waals surface area contributed by atoms with E-state index in [0.717, 1.165) is 16.8 Å². The predicted octanol–water partition coefficient (Wildman–Crippen LogP) is 2.59. The lowest BCUT2D eigenvalue weighted by Crippen LogP contribution is -2.24. The number of furan rings is 1. The molecule has 0 fully saturated rings. The Morgan fingerprint density at radius 2 is 2.25 bits per heavy atom. The molecule has 0 unspecified atom stereocenters. The van der Waals surface area contributed by atoms with Crippen LogP contribution in [0.4, 0.5) is 0 Å². The fourth-order valence-corrected chi connectivity index (χ4v) is 2.04. The van der Waals surface area contributed by atoms with Crippen LogP contribution < -0.4 is 5.32 Å². The van der Waals surface area contributed by atoms with Gasteiger partial charge in [-0.15, -0.1) is 0 Å². The smallest absolute Gasteiger partial charge is 0.224 e. The van der Waals surface area contributed by atoms with Gasteiger partial charge >= 0.3 is 0 Å². The Kier molecular flexibility index (Phi) is 3.25. The summed E-state index contributed by atoms with van der Waals surface area (Å²) in [6.07, 6.45) is 1.89. The highest BCUT2D eigenvalue weighted by molar-refractivity contribution is 5.80. The molecule has 0 saturated heterocycles. The van der Waals surface area contributed by atoms with E-state index >= 15 is 0 Å². The summed E-state index contributed by atoms with van der Waals surface area (Å²) in [5.74, 6) is 1.30. The number of aromatic nitrogens is 1. The van der Waals surface area contributed by atoms with Gasteiger partial charge in [-0.1, -0.05) is 6.07 Å². The Labute approximate surface area is 115 Å². The molecule has 102 valence electrons. The molecule has 2 aromatic heterocycles. The van der Waals surface area contributed by atoms with Crippen LogP contribution in [0.2, 0.25) is 0 Å². The highest BCUT2D eigenvalue weighted by atomic mass is 16.3. The number of oxazole rings is 1. The average Bonchev–Trinajstić information content (AvgIpc) is 3.04. The van der Waals surface area contributed by atoms with Crippen molar-refractivity contribution in [2.45, 2.75) is 19.9 Å². The maximum Gasteiger partial charge on any atom is 0.224 e. The summed E-state index contributed by atoms with van der Waals surface area (Å²) in [6, 6.07) is 9.21. The topological polar surface area (TPSA) is 68.3 Å². The first-order valence-corrected chi connectivity index (χ1v) is 6.36. The van der Waals surface area contributed by atoms with Crippen LogP contribution in [0.3, 0.4) is 0 Å². The molecule has 0 atom stereocenters. The van der Waals surface area contributed by atoms with Gasteiger partial charge in [-0.2, -0.15) is 0 Å². The van der Waals surface area contributed by atoms with Gasteiger partial charge in [-0.25, -0.2) is 4.98 Å². The highest BCUT2D eigenvalue weighted by Crippen LogP contribution is 2.17. The molecule has 3 aromatic rings. The number of amides is 1. The van der Waals surface area contributed by atoms with Crippen molar-refractivity contribution in [3.63, 3.8) is 0 Å². The number of benzene rings is 1. The monoisotopic (exact) mass is 270 g/mol. The Morgan fingerprint density at radius 3 is 3.05 bits per heavy atom. The normalized spacial score (nSPS) is 10.8. The molecule has 5 nitrogen and oxygen atoms in total. The van der Waals surface area contributed by atoms with Crippen LogP contribution in [0.15, 0.2) is 45.4 Å². The first kappa shape index (κ1) is 12.5. The molecule has 0 aliphatic heterocycles. The van der Waals surface area contributed by atoms with E-state index in [-0.39, 0.29) is 5.91 Å². The van der Waals surface area contributed by atoms with Crippen LogP contribution in [-0.2, 0) is 17.8 Å². The van der Waals surface area contributed by atoms with Gasteiger partial charge in [0.15, 0.2) is 11.5 Å². The second-order valence-corrected chi connectivity index (χ2v) is 4.57. The van der Waals surface area contributed by atoms with Gasteiger partial charge in [0.1, 0.15) is 11.3 Å². The quantitative estimate of drug-likeness (QED) is 0.791. The molecule has 3 rings (SSSR count). The Bertz CT molecular complexity index is 729. The zero-order valence-electron chi connectivity index (χ0n) is 11.1. The van der Waals surface area contributed by atoms with Crippen LogP contribution in [0.1, 0.15) is 17.2 Å². The second kappa shape index (κ2) is 5.21. The van der Waals surface area contributed by atoms with Crippen LogP contribution in [0, 0.1) is 6.92 Å². The lowest BCUT2D eigenvalue weighted by Gasteiger charge is -2.03. The number of fused-ring (bicyclic) bond motifs is 1. The van der Waals surface area contributed by atoms with E-state index in [9.17, 15) is 4.79 Å². The number of nitrogens with one attached hydrogen (secondary N) is 1. The number of hydrogen-bond donors (Lipinski definition) is 1. The number of aryl methyl sites for hydroxylation is 1. The first-order chi connectivity index (χ1) is 9.70. The van der Waals surface area contributed by atoms with E-state index < -0.39 is 0 Å². The molecule has 1 amide bonds. The molecule has 0 aliphatic rings. The number of carbonyl (C=O) groups is 1. The summed E-state index contributed by atoms with van der Waals surface area (Å²) in [4.78, 5) is 16.1. The van der Waals surface area contributed by atoms with Crippen molar-refractivity contribution < 1.29 is 13.6 Å². The number of nitrogens with zero attached hydrogens (tertiary/aromatic N) is 1. The number of rotatable bonds is 4. The highest BCUT2D eigenvalue weighted by Gasteiger charge is 2.07. The second-order valence-electron chi connectivity index (χ2n) is 4.57. The summed E-state index contributed by atoms with van der Waals surface area (Å²) in [5.41, 5.74) is 2.41. The van der Waals surface area contributed by atoms with Gasteiger partial charge < -0.3 is 14.2 Å². The fraction of sp³-hybridized carbons (Fsp3) is 0.200. The first-order valence-electron chi connectivity index (χ1n) is 6.36. The molecule has 1 aromatic carbocycles. The molecule has 20 heavy (non-hydrogen) atoms. The minimum absolute atomic E-state index is 0.0583. The van der Waals surface area contributed by atoms with Gasteiger partial charge in [0.25, 0.3) is 0 Å². The van der Waals surface area contributed by atoms with E-state index in [1.807, 2.05) is 24.3 Å². The van der Waals surface area contributed by atoms with Gasteiger partial charge in [0, 0.05) is 6.92 Å². The van der Waals surface area contributed by atoms with Crippen molar-refractivity contribution in [3.8, 4) is 0 Å². The minimum atomic E-state index is -0.0583. The van der Waals surface area contributed by atoms with Crippen molar-refractivity contribution >= 4 is 17.0 Å². The molecular weight excluding hydrogens is 256 g/mol. The Morgan fingerprint density at radius 1 is 1.35 bits per heavy atom. The molecule has 0 bridgehead atoms. The fourth-order valence-electron chi connectivity index (χ4n) is 2.04. The zero-order valence-corrected chi connectivity index (χ0v) is 11.1. The van der Waals surface area contributed by atoms with E-state index in [1.165, 1.54) is 0 Å². The summed E-state index contributed by atoms with van der Waals surface area (Å²) >= 11 is 0. The van der Waals surface area contributed by atoms with E-state index in [2.05, 4.69) is 10.3 Å². The molecule has 2 heterocycles. The molecule has 0 aliphatic carbocycles. The predicted molar refractivity (Wildman–Crippen MR) is 73.0 cm³/mol. The van der Waals surface area contributed by atoms with Gasteiger partial charge in [0.2, 0.25) is 5.91 Å². The third-order valence-electron chi connectivity index (χ3n) is 2.96. The lowest BCUT2D eigenvalue weighted by atomic mass is 10.1. The van der Waals surface area contributed by atoms with Crippen molar-refractivity contribution in [1.82, 2.24) is 10.3 Å².